The van der Waals surface area contributed by atoms with Gasteiger partial charge in [-0.1, -0.05) is 12.8 Å². The minimum Gasteiger partial charge on any atom is -0.302 e. The van der Waals surface area contributed by atoms with E-state index in [0.717, 1.165) is 25.5 Å². The minimum atomic E-state index is -0.377. The number of aldehydes is 1. The van der Waals surface area contributed by atoms with Crippen molar-refractivity contribution in [2.45, 2.75) is 36.4 Å². The molecule has 1 aliphatic rings. The van der Waals surface area contributed by atoms with E-state index < -0.39 is 0 Å². The normalized spacial score (nSPS) is 34.7. The Morgan fingerprint density at radius 1 is 1.36 bits per heavy atom. The fourth-order valence-electron chi connectivity index (χ4n) is 1.57. The van der Waals surface area contributed by atoms with Gasteiger partial charge in [-0.3, -0.25) is 0 Å². The fraction of sp³-hybridized carbons (Fsp3) is 0.875. The molecule has 1 saturated carbocycles. The Morgan fingerprint density at radius 3 is 2.55 bits per heavy atom. The molecule has 0 heterocycles. The van der Waals surface area contributed by atoms with Crippen LogP contribution in [0.1, 0.15) is 25.7 Å². The maximum absolute atomic E-state index is 10.4. The van der Waals surface area contributed by atoms with E-state index in [0.29, 0.717) is 0 Å². The monoisotopic (exact) mass is 194 g/mol. The number of hydrogen-bond acceptors (Lipinski definition) is 1. The fourth-order valence-corrected chi connectivity index (χ4v) is 2.39. The van der Waals surface area contributed by atoms with Crippen LogP contribution in [0.2, 0.25) is 0 Å². The lowest BCUT2D eigenvalue weighted by atomic mass is 9.86. The molecule has 0 aromatic carbocycles. The van der Waals surface area contributed by atoms with Gasteiger partial charge in [0, 0.05) is 5.38 Å². The summed E-state index contributed by atoms with van der Waals surface area (Å²) in [5, 5.41) is -0.269. The predicted octanol–water partition coefficient (Wildman–Crippen LogP) is 2.59. The Morgan fingerprint density at radius 2 is 2.00 bits per heavy atom. The van der Waals surface area contributed by atoms with Crippen molar-refractivity contribution in [2.24, 2.45) is 5.92 Å². The van der Waals surface area contributed by atoms with E-state index >= 15 is 0 Å². The van der Waals surface area contributed by atoms with Gasteiger partial charge in [0.05, 0.1) is 5.38 Å². The van der Waals surface area contributed by atoms with E-state index in [1.807, 2.05) is 0 Å². The highest BCUT2D eigenvalue weighted by molar-refractivity contribution is 6.29. The Hall–Kier alpha value is 0.250. The molecule has 0 bridgehead atoms. The average Bonchev–Trinajstić information content (AvgIpc) is 2.04. The number of alkyl halides is 2. The maximum atomic E-state index is 10.4. The molecule has 11 heavy (non-hydrogen) atoms. The second kappa shape index (κ2) is 4.32. The Kier molecular flexibility index (Phi) is 3.67. The van der Waals surface area contributed by atoms with Gasteiger partial charge in [0.25, 0.3) is 0 Å². The van der Waals surface area contributed by atoms with Gasteiger partial charge in [-0.05, 0) is 18.8 Å². The molecule has 0 N–H and O–H groups in total. The highest BCUT2D eigenvalue weighted by Gasteiger charge is 2.28. The maximum Gasteiger partial charge on any atom is 0.138 e. The van der Waals surface area contributed by atoms with Gasteiger partial charge in [-0.15, -0.1) is 23.2 Å². The number of hydrogen-bond donors (Lipinski definition) is 0. The van der Waals surface area contributed by atoms with E-state index in [1.54, 1.807) is 0 Å². The van der Waals surface area contributed by atoms with Crippen molar-refractivity contribution in [3.05, 3.63) is 0 Å². The molecule has 1 aliphatic carbocycles. The number of halogens is 2. The first kappa shape index (κ1) is 9.34. The summed E-state index contributed by atoms with van der Waals surface area (Å²) in [6.07, 6.45) is 5.13. The molecule has 0 aromatic rings. The summed E-state index contributed by atoms with van der Waals surface area (Å²) in [7, 11) is 0. The Bertz CT molecular complexity index is 138. The van der Waals surface area contributed by atoms with Gasteiger partial charge in [-0.25, -0.2) is 0 Å². The highest BCUT2D eigenvalue weighted by atomic mass is 35.5. The first-order valence-corrected chi connectivity index (χ1v) is 4.86. The molecule has 0 saturated heterocycles. The highest BCUT2D eigenvalue weighted by Crippen LogP contribution is 2.32. The van der Waals surface area contributed by atoms with Gasteiger partial charge in [0.1, 0.15) is 6.29 Å². The lowest BCUT2D eigenvalue weighted by Gasteiger charge is -2.27. The first-order valence-electron chi connectivity index (χ1n) is 3.99. The summed E-state index contributed by atoms with van der Waals surface area (Å²) < 4.78 is 0. The van der Waals surface area contributed by atoms with Crippen LogP contribution in [0.25, 0.3) is 0 Å². The SMILES string of the molecule is O=C[C@H](Cl)[C@@H]1CCCC[C@H]1Cl. The Labute approximate surface area is 77.1 Å². The van der Waals surface area contributed by atoms with Gasteiger partial charge < -0.3 is 4.79 Å². The van der Waals surface area contributed by atoms with E-state index in [1.165, 1.54) is 6.42 Å². The van der Waals surface area contributed by atoms with Crippen molar-refractivity contribution < 1.29 is 4.79 Å². The lowest BCUT2D eigenvalue weighted by Crippen LogP contribution is -2.28. The second-order valence-corrected chi connectivity index (χ2v) is 4.11. The predicted molar refractivity (Wildman–Crippen MR) is 47.3 cm³/mol. The molecule has 64 valence electrons. The molecule has 1 fully saturated rings. The molecular formula is C8H12Cl2O. The third-order valence-corrected chi connectivity index (χ3v) is 3.24. The van der Waals surface area contributed by atoms with Crippen LogP contribution in [-0.4, -0.2) is 17.0 Å². The van der Waals surface area contributed by atoms with Crippen molar-refractivity contribution in [3.8, 4) is 0 Å². The van der Waals surface area contributed by atoms with Crippen LogP contribution in [0.15, 0.2) is 0 Å². The molecule has 0 spiro atoms. The van der Waals surface area contributed by atoms with Crippen molar-refractivity contribution in [1.29, 1.82) is 0 Å². The third-order valence-electron chi connectivity index (χ3n) is 2.27. The van der Waals surface area contributed by atoms with Crippen LogP contribution in [0.5, 0.6) is 0 Å². The molecule has 1 rings (SSSR count). The number of rotatable bonds is 2. The molecule has 0 aliphatic heterocycles. The van der Waals surface area contributed by atoms with Crippen molar-refractivity contribution >= 4 is 29.5 Å². The summed E-state index contributed by atoms with van der Waals surface area (Å²) in [6, 6.07) is 0. The molecule has 3 atom stereocenters. The first-order chi connectivity index (χ1) is 5.25. The largest absolute Gasteiger partial charge is 0.302 e. The Balaban J connectivity index is 2.46. The minimum absolute atomic E-state index is 0.108. The van der Waals surface area contributed by atoms with Crippen molar-refractivity contribution in [1.82, 2.24) is 0 Å². The zero-order chi connectivity index (χ0) is 8.27. The van der Waals surface area contributed by atoms with Crippen LogP contribution in [0.3, 0.4) is 0 Å². The molecule has 0 unspecified atom stereocenters. The lowest BCUT2D eigenvalue weighted by molar-refractivity contribution is -0.108. The quantitative estimate of drug-likeness (QED) is 0.488. The summed E-state index contributed by atoms with van der Waals surface area (Å²) >= 11 is 11.8. The number of carbonyl (C=O) groups is 1. The van der Waals surface area contributed by atoms with E-state index in [-0.39, 0.29) is 16.7 Å². The zero-order valence-corrected chi connectivity index (χ0v) is 7.81. The second-order valence-electron chi connectivity index (χ2n) is 3.04. The van der Waals surface area contributed by atoms with Crippen molar-refractivity contribution in [2.75, 3.05) is 0 Å². The van der Waals surface area contributed by atoms with E-state index in [2.05, 4.69) is 0 Å². The molecule has 3 heteroatoms. The average molecular weight is 195 g/mol. The van der Waals surface area contributed by atoms with Crippen LogP contribution in [-0.2, 0) is 4.79 Å². The summed E-state index contributed by atoms with van der Waals surface area (Å²) in [6.45, 7) is 0. The van der Waals surface area contributed by atoms with Crippen LogP contribution in [0, 0.1) is 5.92 Å². The van der Waals surface area contributed by atoms with Crippen LogP contribution in [0.4, 0.5) is 0 Å². The van der Waals surface area contributed by atoms with Gasteiger partial charge in [0.2, 0.25) is 0 Å². The standard InChI is InChI=1S/C8H12Cl2O/c9-7-4-2-1-3-6(7)8(10)5-11/h5-8H,1-4H2/t6-,7-,8+/m1/s1. The third kappa shape index (κ3) is 2.34. The smallest absolute Gasteiger partial charge is 0.138 e. The van der Waals surface area contributed by atoms with Gasteiger partial charge >= 0.3 is 0 Å². The summed E-state index contributed by atoms with van der Waals surface area (Å²) in [5.74, 6) is 0.199. The van der Waals surface area contributed by atoms with E-state index in [4.69, 9.17) is 23.2 Å². The van der Waals surface area contributed by atoms with Gasteiger partial charge in [-0.2, -0.15) is 0 Å². The van der Waals surface area contributed by atoms with Crippen LogP contribution < -0.4 is 0 Å². The topological polar surface area (TPSA) is 17.1 Å². The summed E-state index contributed by atoms with van der Waals surface area (Å²) in [4.78, 5) is 10.4. The van der Waals surface area contributed by atoms with Crippen molar-refractivity contribution in [3.63, 3.8) is 0 Å². The molecule has 0 aromatic heterocycles. The van der Waals surface area contributed by atoms with Gasteiger partial charge in [0.15, 0.2) is 0 Å². The van der Waals surface area contributed by atoms with E-state index in [9.17, 15) is 4.79 Å². The molecule has 0 amide bonds. The zero-order valence-electron chi connectivity index (χ0n) is 6.30. The molecular weight excluding hydrogens is 183 g/mol. The number of carbonyl (C=O) groups excluding carboxylic acids is 1. The summed E-state index contributed by atoms with van der Waals surface area (Å²) in [5.41, 5.74) is 0. The van der Waals surface area contributed by atoms with Crippen LogP contribution >= 0.6 is 23.2 Å². The molecule has 1 nitrogen and oxygen atoms in total. The molecule has 0 radical (unpaired) electrons.